The molecular weight excluding hydrogens is 204 g/mol. The van der Waals surface area contributed by atoms with Crippen molar-refractivity contribution < 1.29 is 14.6 Å². The molecule has 3 nitrogen and oxygen atoms in total. The lowest BCUT2D eigenvalue weighted by molar-refractivity contribution is -0.00982. The van der Waals surface area contributed by atoms with Crippen LogP contribution < -0.4 is 4.74 Å². The molecule has 0 aliphatic rings. The van der Waals surface area contributed by atoms with E-state index in [1.54, 1.807) is 20.1 Å². The van der Waals surface area contributed by atoms with Crippen LogP contribution in [0.1, 0.15) is 12.5 Å². The van der Waals surface area contributed by atoms with E-state index in [1.807, 2.05) is 24.3 Å². The number of benzene rings is 1. The van der Waals surface area contributed by atoms with Crippen LogP contribution >= 0.6 is 0 Å². The Hall–Kier alpha value is -1.32. The molecule has 1 aromatic rings. The second kappa shape index (κ2) is 6.30. The lowest BCUT2D eigenvalue weighted by Gasteiger charge is -2.16. The average Bonchev–Trinajstić information content (AvgIpc) is 2.30. The quantitative estimate of drug-likeness (QED) is 0.749. The Labute approximate surface area is 96.3 Å². The molecule has 0 radical (unpaired) electrons. The van der Waals surface area contributed by atoms with E-state index < -0.39 is 6.10 Å². The summed E-state index contributed by atoms with van der Waals surface area (Å²) < 4.78 is 10.6. The molecule has 0 aliphatic heterocycles. The number of aliphatic hydroxyl groups is 1. The van der Waals surface area contributed by atoms with Gasteiger partial charge in [0, 0.05) is 0 Å². The number of rotatable bonds is 6. The molecule has 2 atom stereocenters. The summed E-state index contributed by atoms with van der Waals surface area (Å²) in [5.41, 5.74) is 1.04. The molecule has 0 aromatic heterocycles. The van der Waals surface area contributed by atoms with Crippen LogP contribution in [0.3, 0.4) is 0 Å². The number of hydrogen-bond acceptors (Lipinski definition) is 3. The Balaban J connectivity index is 2.50. The minimum atomic E-state index is -0.546. The first kappa shape index (κ1) is 12.7. The highest BCUT2D eigenvalue weighted by Crippen LogP contribution is 2.13. The molecule has 1 aromatic carbocycles. The van der Waals surface area contributed by atoms with Crippen LogP contribution in [0.15, 0.2) is 36.9 Å². The summed E-state index contributed by atoms with van der Waals surface area (Å²) in [6.45, 7) is 5.75. The smallest absolute Gasteiger partial charge is 0.118 e. The zero-order valence-corrected chi connectivity index (χ0v) is 9.72. The molecule has 0 amide bonds. The van der Waals surface area contributed by atoms with Crippen molar-refractivity contribution in [2.45, 2.75) is 25.7 Å². The topological polar surface area (TPSA) is 38.7 Å². The number of aliphatic hydroxyl groups excluding tert-OH is 1. The van der Waals surface area contributed by atoms with E-state index in [1.165, 1.54) is 0 Å². The van der Waals surface area contributed by atoms with Crippen LogP contribution in [-0.2, 0) is 11.3 Å². The molecule has 3 heteroatoms. The maximum Gasteiger partial charge on any atom is 0.118 e. The number of ether oxygens (including phenoxy) is 2. The third-order valence-electron chi connectivity index (χ3n) is 2.31. The minimum absolute atomic E-state index is 0.331. The molecule has 0 saturated carbocycles. The van der Waals surface area contributed by atoms with Gasteiger partial charge in [-0.05, 0) is 24.6 Å². The largest absolute Gasteiger partial charge is 0.497 e. The summed E-state index contributed by atoms with van der Waals surface area (Å²) in [6, 6.07) is 7.62. The zero-order valence-electron chi connectivity index (χ0n) is 9.72. The van der Waals surface area contributed by atoms with Crippen LogP contribution in [0.4, 0.5) is 0 Å². The van der Waals surface area contributed by atoms with E-state index in [-0.39, 0.29) is 6.10 Å². The SMILES string of the molecule is C=C[C@@H](OCc1ccc(OC)cc1)[C@H](C)O. The summed E-state index contributed by atoms with van der Waals surface area (Å²) in [5.74, 6) is 0.819. The number of methoxy groups -OCH3 is 1. The van der Waals surface area contributed by atoms with Gasteiger partial charge < -0.3 is 14.6 Å². The van der Waals surface area contributed by atoms with Gasteiger partial charge in [0.1, 0.15) is 11.9 Å². The van der Waals surface area contributed by atoms with Crippen LogP contribution in [0.5, 0.6) is 5.75 Å². The molecule has 1 N–H and O–H groups in total. The maximum absolute atomic E-state index is 9.36. The maximum atomic E-state index is 9.36. The number of hydrogen-bond donors (Lipinski definition) is 1. The van der Waals surface area contributed by atoms with Crippen LogP contribution in [0.25, 0.3) is 0 Å². The van der Waals surface area contributed by atoms with Gasteiger partial charge in [-0.1, -0.05) is 18.2 Å². The van der Waals surface area contributed by atoms with E-state index in [9.17, 15) is 5.11 Å². The predicted molar refractivity (Wildman–Crippen MR) is 63.4 cm³/mol. The first-order valence-corrected chi connectivity index (χ1v) is 5.22. The Morgan fingerprint density at radius 1 is 1.38 bits per heavy atom. The summed E-state index contributed by atoms with van der Waals surface area (Å²) in [5, 5.41) is 9.36. The molecule has 0 fully saturated rings. The van der Waals surface area contributed by atoms with Crippen LogP contribution in [0, 0.1) is 0 Å². The Bertz CT molecular complexity index is 316. The van der Waals surface area contributed by atoms with Crippen molar-refractivity contribution in [3.8, 4) is 5.75 Å². The first-order valence-electron chi connectivity index (χ1n) is 5.22. The monoisotopic (exact) mass is 222 g/mol. The second-order valence-electron chi connectivity index (χ2n) is 3.60. The lowest BCUT2D eigenvalue weighted by atomic mass is 10.2. The van der Waals surface area contributed by atoms with Crippen molar-refractivity contribution in [2.24, 2.45) is 0 Å². The molecule has 0 heterocycles. The fraction of sp³-hybridized carbons (Fsp3) is 0.385. The van der Waals surface area contributed by atoms with Gasteiger partial charge in [0.15, 0.2) is 0 Å². The fourth-order valence-electron chi connectivity index (χ4n) is 1.32. The molecule has 16 heavy (non-hydrogen) atoms. The zero-order chi connectivity index (χ0) is 12.0. The molecule has 0 spiro atoms. The summed E-state index contributed by atoms with van der Waals surface area (Å²) in [4.78, 5) is 0. The van der Waals surface area contributed by atoms with Gasteiger partial charge in [0.2, 0.25) is 0 Å². The third kappa shape index (κ3) is 3.68. The first-order chi connectivity index (χ1) is 7.67. The molecule has 1 rings (SSSR count). The molecule has 0 aliphatic carbocycles. The van der Waals surface area contributed by atoms with Gasteiger partial charge in [0.05, 0.1) is 19.8 Å². The minimum Gasteiger partial charge on any atom is -0.497 e. The Kier molecular flexibility index (Phi) is 5.02. The van der Waals surface area contributed by atoms with Gasteiger partial charge in [0.25, 0.3) is 0 Å². The summed E-state index contributed by atoms with van der Waals surface area (Å²) in [6.07, 6.45) is 0.728. The van der Waals surface area contributed by atoms with Gasteiger partial charge in [-0.25, -0.2) is 0 Å². The highest BCUT2D eigenvalue weighted by molar-refractivity contribution is 5.26. The van der Waals surface area contributed by atoms with Gasteiger partial charge in [-0.3, -0.25) is 0 Å². The Morgan fingerprint density at radius 3 is 2.44 bits per heavy atom. The van der Waals surface area contributed by atoms with Gasteiger partial charge in [-0.2, -0.15) is 0 Å². The lowest BCUT2D eigenvalue weighted by Crippen LogP contribution is -2.23. The van der Waals surface area contributed by atoms with Crippen molar-refractivity contribution in [3.05, 3.63) is 42.5 Å². The second-order valence-corrected chi connectivity index (χ2v) is 3.60. The highest BCUT2D eigenvalue weighted by Gasteiger charge is 2.10. The third-order valence-corrected chi connectivity index (χ3v) is 2.31. The molecule has 0 saturated heterocycles. The van der Waals surface area contributed by atoms with Crippen LogP contribution in [-0.4, -0.2) is 24.4 Å². The standard InChI is InChI=1S/C13H18O3/c1-4-13(10(2)14)16-9-11-5-7-12(15-3)8-6-11/h4-8,10,13-14H,1,9H2,2-3H3/t10-,13+/m0/s1. The summed E-state index contributed by atoms with van der Waals surface area (Å²) >= 11 is 0. The van der Waals surface area contributed by atoms with Crippen molar-refractivity contribution >= 4 is 0 Å². The van der Waals surface area contributed by atoms with Crippen molar-refractivity contribution in [2.75, 3.05) is 7.11 Å². The molecular formula is C13H18O3. The normalized spacial score (nSPS) is 14.2. The summed E-state index contributed by atoms with van der Waals surface area (Å²) in [7, 11) is 1.63. The van der Waals surface area contributed by atoms with E-state index in [0.29, 0.717) is 6.61 Å². The average molecular weight is 222 g/mol. The fourth-order valence-corrected chi connectivity index (χ4v) is 1.32. The predicted octanol–water partition coefficient (Wildman–Crippen LogP) is 2.15. The van der Waals surface area contributed by atoms with E-state index in [0.717, 1.165) is 11.3 Å². The Morgan fingerprint density at radius 2 is 2.00 bits per heavy atom. The molecule has 0 unspecified atom stereocenters. The van der Waals surface area contributed by atoms with Gasteiger partial charge in [-0.15, -0.1) is 6.58 Å². The van der Waals surface area contributed by atoms with Crippen molar-refractivity contribution in [1.82, 2.24) is 0 Å². The molecule has 0 bridgehead atoms. The van der Waals surface area contributed by atoms with E-state index in [4.69, 9.17) is 9.47 Å². The van der Waals surface area contributed by atoms with Crippen molar-refractivity contribution in [3.63, 3.8) is 0 Å². The van der Waals surface area contributed by atoms with Gasteiger partial charge >= 0.3 is 0 Å². The molecule has 88 valence electrons. The highest BCUT2D eigenvalue weighted by atomic mass is 16.5. The van der Waals surface area contributed by atoms with Crippen molar-refractivity contribution in [1.29, 1.82) is 0 Å². The van der Waals surface area contributed by atoms with E-state index in [2.05, 4.69) is 6.58 Å². The van der Waals surface area contributed by atoms with Crippen LogP contribution in [0.2, 0.25) is 0 Å². The van der Waals surface area contributed by atoms with E-state index >= 15 is 0 Å².